The topological polar surface area (TPSA) is 102 Å². The van der Waals surface area contributed by atoms with Crippen LogP contribution in [0, 0.1) is 0 Å². The van der Waals surface area contributed by atoms with E-state index in [1.54, 1.807) is 18.2 Å². The number of thioether (sulfide) groups is 1. The number of hydrogen-bond acceptors (Lipinski definition) is 6. The van der Waals surface area contributed by atoms with Gasteiger partial charge >= 0.3 is 5.97 Å². The van der Waals surface area contributed by atoms with Crippen molar-refractivity contribution < 1.29 is 23.9 Å². The maximum Gasteiger partial charge on any atom is 0.325 e. The van der Waals surface area contributed by atoms with Crippen LogP contribution >= 0.6 is 11.8 Å². The lowest BCUT2D eigenvalue weighted by Gasteiger charge is -2.10. The Labute approximate surface area is 173 Å². The molecule has 0 unspecified atom stereocenters. The number of ketones is 1. The molecule has 7 nitrogen and oxygen atoms in total. The van der Waals surface area contributed by atoms with Crippen LogP contribution in [0.2, 0.25) is 0 Å². The zero-order valence-electron chi connectivity index (χ0n) is 16.2. The summed E-state index contributed by atoms with van der Waals surface area (Å²) < 4.78 is 4.94. The highest BCUT2D eigenvalue weighted by atomic mass is 32.2. The molecule has 2 N–H and O–H groups in total. The van der Waals surface area contributed by atoms with E-state index in [0.717, 1.165) is 10.5 Å². The van der Waals surface area contributed by atoms with Crippen LogP contribution in [-0.4, -0.2) is 43.0 Å². The number of amides is 2. The SMILES string of the molecule is CSc1ccc(C(=O)COC(=O)CNC(=O)Cc2ccccc2)cc1NC(C)=O. The van der Waals surface area contributed by atoms with Gasteiger partial charge in [0.2, 0.25) is 11.8 Å². The molecule has 152 valence electrons. The van der Waals surface area contributed by atoms with Gasteiger partial charge in [-0.1, -0.05) is 36.4 Å². The average Bonchev–Trinajstić information content (AvgIpc) is 2.70. The quantitative estimate of drug-likeness (QED) is 0.371. The van der Waals surface area contributed by atoms with Crippen LogP contribution in [0.25, 0.3) is 0 Å². The Balaban J connectivity index is 1.83. The molecule has 0 spiro atoms. The molecule has 0 aliphatic carbocycles. The minimum Gasteiger partial charge on any atom is -0.456 e. The maximum absolute atomic E-state index is 12.3. The van der Waals surface area contributed by atoms with E-state index in [-0.39, 0.29) is 24.8 Å². The molecule has 2 rings (SSSR count). The van der Waals surface area contributed by atoms with Crippen LogP contribution in [-0.2, 0) is 25.5 Å². The average molecular weight is 414 g/mol. The minimum atomic E-state index is -0.706. The van der Waals surface area contributed by atoms with E-state index in [1.165, 1.54) is 18.7 Å². The second-order valence-corrected chi connectivity index (χ2v) is 6.97. The van der Waals surface area contributed by atoms with Crippen LogP contribution in [0.15, 0.2) is 53.4 Å². The molecule has 2 aromatic rings. The fourth-order valence-electron chi connectivity index (χ4n) is 2.46. The molecule has 0 aliphatic heterocycles. The van der Waals surface area contributed by atoms with E-state index < -0.39 is 18.4 Å². The number of esters is 1. The Morgan fingerprint density at radius 2 is 1.76 bits per heavy atom. The van der Waals surface area contributed by atoms with Crippen molar-refractivity contribution in [2.75, 3.05) is 24.7 Å². The predicted octanol–water partition coefficient (Wildman–Crippen LogP) is 2.45. The molecule has 2 amide bonds. The molecule has 0 saturated carbocycles. The van der Waals surface area contributed by atoms with Gasteiger partial charge in [0.25, 0.3) is 0 Å². The van der Waals surface area contributed by atoms with Gasteiger partial charge in [0.15, 0.2) is 12.4 Å². The fraction of sp³-hybridized carbons (Fsp3) is 0.238. The van der Waals surface area contributed by atoms with Gasteiger partial charge in [0.05, 0.1) is 12.1 Å². The first-order valence-corrected chi connectivity index (χ1v) is 10.1. The van der Waals surface area contributed by atoms with Gasteiger partial charge in [-0.3, -0.25) is 19.2 Å². The molecular weight excluding hydrogens is 392 g/mol. The van der Waals surface area contributed by atoms with Gasteiger partial charge in [0, 0.05) is 17.4 Å². The first kappa shape index (κ1) is 22.2. The summed E-state index contributed by atoms with van der Waals surface area (Å²) in [5.41, 5.74) is 1.67. The number of hydrogen-bond donors (Lipinski definition) is 2. The molecule has 0 aromatic heterocycles. The molecule has 0 fully saturated rings. The predicted molar refractivity (Wildman–Crippen MR) is 111 cm³/mol. The highest BCUT2D eigenvalue weighted by Gasteiger charge is 2.14. The number of rotatable bonds is 9. The maximum atomic E-state index is 12.3. The Bertz CT molecular complexity index is 899. The summed E-state index contributed by atoms with van der Waals surface area (Å²) in [6.45, 7) is 0.611. The van der Waals surface area contributed by atoms with Crippen LogP contribution in [0.5, 0.6) is 0 Å². The normalized spacial score (nSPS) is 10.1. The molecule has 0 saturated heterocycles. The van der Waals surface area contributed by atoms with Gasteiger partial charge in [-0.05, 0) is 24.0 Å². The van der Waals surface area contributed by atoms with Crippen LogP contribution in [0.3, 0.4) is 0 Å². The third kappa shape index (κ3) is 7.42. The zero-order valence-corrected chi connectivity index (χ0v) is 17.0. The van der Waals surface area contributed by atoms with Crippen molar-refractivity contribution >= 4 is 41.0 Å². The minimum absolute atomic E-state index is 0.154. The van der Waals surface area contributed by atoms with E-state index >= 15 is 0 Å². The van der Waals surface area contributed by atoms with Crippen molar-refractivity contribution in [1.29, 1.82) is 0 Å². The summed E-state index contributed by atoms with van der Waals surface area (Å²) in [7, 11) is 0. The van der Waals surface area contributed by atoms with Crippen molar-refractivity contribution in [2.45, 2.75) is 18.2 Å². The number of anilines is 1. The van der Waals surface area contributed by atoms with Crippen molar-refractivity contribution in [1.82, 2.24) is 5.32 Å². The van der Waals surface area contributed by atoms with Gasteiger partial charge in [-0.15, -0.1) is 11.8 Å². The van der Waals surface area contributed by atoms with Crippen LogP contribution in [0.4, 0.5) is 5.69 Å². The molecule has 0 bridgehead atoms. The van der Waals surface area contributed by atoms with E-state index in [1.807, 2.05) is 36.6 Å². The third-order valence-electron chi connectivity index (χ3n) is 3.83. The van der Waals surface area contributed by atoms with Crippen molar-refractivity contribution in [3.8, 4) is 0 Å². The fourth-order valence-corrected chi connectivity index (χ4v) is 3.00. The Kier molecular flexibility index (Phi) is 8.42. The van der Waals surface area contributed by atoms with E-state index in [4.69, 9.17) is 4.74 Å². The number of carbonyl (C=O) groups is 4. The van der Waals surface area contributed by atoms with E-state index in [2.05, 4.69) is 10.6 Å². The highest BCUT2D eigenvalue weighted by molar-refractivity contribution is 7.98. The molecule has 2 aromatic carbocycles. The summed E-state index contributed by atoms with van der Waals surface area (Å²) in [6.07, 6.45) is 2.01. The first-order valence-electron chi connectivity index (χ1n) is 8.84. The standard InChI is InChI=1S/C21H22N2O5S/c1-14(24)23-17-11-16(8-9-19(17)29-2)18(25)13-28-21(27)12-22-20(26)10-15-6-4-3-5-7-15/h3-9,11H,10,12-13H2,1-2H3,(H,22,26)(H,23,24). The van der Waals surface area contributed by atoms with Crippen molar-refractivity contribution in [3.05, 3.63) is 59.7 Å². The number of nitrogens with one attached hydrogen (secondary N) is 2. The van der Waals surface area contributed by atoms with E-state index in [9.17, 15) is 19.2 Å². The van der Waals surface area contributed by atoms with Crippen LogP contribution < -0.4 is 10.6 Å². The Morgan fingerprint density at radius 1 is 1.03 bits per heavy atom. The number of benzene rings is 2. The lowest BCUT2D eigenvalue weighted by atomic mass is 10.1. The monoisotopic (exact) mass is 414 g/mol. The Morgan fingerprint density at radius 3 is 2.41 bits per heavy atom. The Hall–Kier alpha value is -3.13. The molecule has 8 heteroatoms. The third-order valence-corrected chi connectivity index (χ3v) is 4.63. The molecule has 0 aliphatic rings. The lowest BCUT2D eigenvalue weighted by molar-refractivity contribution is -0.142. The highest BCUT2D eigenvalue weighted by Crippen LogP contribution is 2.26. The number of Topliss-reactive ketones (excluding diaryl/α,β-unsaturated/α-hetero) is 1. The van der Waals surface area contributed by atoms with Gasteiger partial charge in [-0.25, -0.2) is 0 Å². The summed E-state index contributed by atoms with van der Waals surface area (Å²) in [5.74, 6) is -1.68. The lowest BCUT2D eigenvalue weighted by Crippen LogP contribution is -2.32. The van der Waals surface area contributed by atoms with Gasteiger partial charge in [-0.2, -0.15) is 0 Å². The number of carbonyl (C=O) groups excluding carboxylic acids is 4. The summed E-state index contributed by atoms with van der Waals surface area (Å²) in [6, 6.07) is 14.0. The molecule has 0 radical (unpaired) electrons. The molecule has 0 atom stereocenters. The van der Waals surface area contributed by atoms with Crippen molar-refractivity contribution in [3.63, 3.8) is 0 Å². The summed E-state index contributed by atoms with van der Waals surface area (Å²) in [4.78, 5) is 48.0. The molecule has 0 heterocycles. The molecule has 29 heavy (non-hydrogen) atoms. The molecular formula is C21H22N2O5S. The second kappa shape index (κ2) is 11.0. The largest absolute Gasteiger partial charge is 0.456 e. The first-order chi connectivity index (χ1) is 13.9. The summed E-state index contributed by atoms with van der Waals surface area (Å²) in [5, 5.41) is 5.14. The zero-order chi connectivity index (χ0) is 21.2. The van der Waals surface area contributed by atoms with Crippen LogP contribution in [0.1, 0.15) is 22.8 Å². The van der Waals surface area contributed by atoms with E-state index in [0.29, 0.717) is 11.3 Å². The summed E-state index contributed by atoms with van der Waals surface area (Å²) >= 11 is 1.43. The van der Waals surface area contributed by atoms with Gasteiger partial charge in [0.1, 0.15) is 6.54 Å². The smallest absolute Gasteiger partial charge is 0.325 e. The number of ether oxygens (including phenoxy) is 1. The second-order valence-electron chi connectivity index (χ2n) is 6.12. The van der Waals surface area contributed by atoms with Gasteiger partial charge < -0.3 is 15.4 Å². The van der Waals surface area contributed by atoms with Crippen molar-refractivity contribution in [2.24, 2.45) is 0 Å².